The third-order valence-corrected chi connectivity index (χ3v) is 2.53. The minimum atomic E-state index is -2.26. The van der Waals surface area contributed by atoms with E-state index < -0.39 is 45.8 Å². The number of H-pyrrole nitrogens is 1. The summed E-state index contributed by atoms with van der Waals surface area (Å²) in [5.74, 6) is -10.5. The number of pyridine rings is 1. The van der Waals surface area contributed by atoms with Gasteiger partial charge in [-0.2, -0.15) is 0 Å². The van der Waals surface area contributed by atoms with Gasteiger partial charge in [0.2, 0.25) is 5.82 Å². The molecule has 2 rings (SSSR count). The van der Waals surface area contributed by atoms with Crippen molar-refractivity contribution in [3.05, 3.63) is 57.3 Å². The molecule has 0 unspecified atom stereocenters. The lowest BCUT2D eigenvalue weighted by atomic mass is 10.0. The van der Waals surface area contributed by atoms with Crippen LogP contribution in [0.5, 0.6) is 0 Å². The van der Waals surface area contributed by atoms with Gasteiger partial charge in [0.1, 0.15) is 0 Å². The van der Waals surface area contributed by atoms with Gasteiger partial charge in [0, 0.05) is 5.69 Å². The van der Waals surface area contributed by atoms with Gasteiger partial charge >= 0.3 is 0 Å². The summed E-state index contributed by atoms with van der Waals surface area (Å²) in [7, 11) is 0. The number of halogens is 5. The van der Waals surface area contributed by atoms with Gasteiger partial charge in [0.25, 0.3) is 5.56 Å². The molecule has 0 radical (unpaired) electrons. The van der Waals surface area contributed by atoms with E-state index in [9.17, 15) is 26.7 Å². The van der Waals surface area contributed by atoms with Crippen LogP contribution in [0.1, 0.15) is 5.69 Å². The normalized spacial score (nSPS) is 10.8. The Bertz CT molecular complexity index is 694. The van der Waals surface area contributed by atoms with Crippen molar-refractivity contribution in [2.24, 2.45) is 0 Å². The van der Waals surface area contributed by atoms with Gasteiger partial charge in [-0.3, -0.25) is 4.79 Å². The third-order valence-electron chi connectivity index (χ3n) is 2.53. The van der Waals surface area contributed by atoms with E-state index in [1.54, 1.807) is 0 Å². The lowest BCUT2D eigenvalue weighted by molar-refractivity contribution is 0.381. The summed E-state index contributed by atoms with van der Waals surface area (Å²) in [5, 5.41) is 0. The Morgan fingerprint density at radius 3 is 1.79 bits per heavy atom. The third kappa shape index (κ3) is 2.00. The molecule has 100 valence electrons. The lowest BCUT2D eigenvalue weighted by Gasteiger charge is -2.07. The first kappa shape index (κ1) is 13.3. The van der Waals surface area contributed by atoms with Crippen LogP contribution >= 0.6 is 0 Å². The largest absolute Gasteiger partial charge is 0.326 e. The van der Waals surface area contributed by atoms with Crippen LogP contribution in [0.2, 0.25) is 0 Å². The number of aromatic amines is 1. The summed E-state index contributed by atoms with van der Waals surface area (Å²) in [6, 6.07) is 2.28. The zero-order valence-corrected chi connectivity index (χ0v) is 9.45. The van der Waals surface area contributed by atoms with E-state index in [4.69, 9.17) is 0 Å². The molecule has 1 heterocycles. The minimum absolute atomic E-state index is 0.387. The van der Waals surface area contributed by atoms with Crippen molar-refractivity contribution >= 4 is 0 Å². The Kier molecular flexibility index (Phi) is 3.13. The topological polar surface area (TPSA) is 32.9 Å². The highest BCUT2D eigenvalue weighted by Crippen LogP contribution is 2.29. The summed E-state index contributed by atoms with van der Waals surface area (Å²) in [6.07, 6.45) is 0. The fraction of sp³-hybridized carbons (Fsp3) is 0.0833. The van der Waals surface area contributed by atoms with Gasteiger partial charge in [0.05, 0.1) is 11.1 Å². The molecular weight excluding hydrogens is 269 g/mol. The maximum atomic E-state index is 13.5. The highest BCUT2D eigenvalue weighted by Gasteiger charge is 2.27. The van der Waals surface area contributed by atoms with Gasteiger partial charge in [-0.15, -0.1) is 0 Å². The Morgan fingerprint density at radius 2 is 1.32 bits per heavy atom. The number of aryl methyl sites for hydroxylation is 1. The Morgan fingerprint density at radius 1 is 0.842 bits per heavy atom. The SMILES string of the molecule is Cc1ccc(-c2c(F)c(F)c(F)c(F)c2F)c(=O)[nH]1. The first-order valence-electron chi connectivity index (χ1n) is 5.06. The van der Waals surface area contributed by atoms with E-state index in [2.05, 4.69) is 4.98 Å². The minimum Gasteiger partial charge on any atom is -0.326 e. The average Bonchev–Trinajstić information content (AvgIpc) is 2.37. The van der Waals surface area contributed by atoms with Crippen molar-refractivity contribution in [1.82, 2.24) is 4.98 Å². The van der Waals surface area contributed by atoms with Gasteiger partial charge in [-0.05, 0) is 19.1 Å². The van der Waals surface area contributed by atoms with E-state index in [0.717, 1.165) is 6.07 Å². The zero-order valence-electron chi connectivity index (χ0n) is 9.45. The Hall–Kier alpha value is -2.18. The van der Waals surface area contributed by atoms with Crippen molar-refractivity contribution in [3.63, 3.8) is 0 Å². The second kappa shape index (κ2) is 4.49. The molecule has 2 aromatic rings. The molecule has 0 spiro atoms. The van der Waals surface area contributed by atoms with Crippen molar-refractivity contribution < 1.29 is 22.0 Å². The van der Waals surface area contributed by atoms with Crippen molar-refractivity contribution in [2.45, 2.75) is 6.92 Å². The molecule has 1 aromatic heterocycles. The molecule has 0 aliphatic rings. The van der Waals surface area contributed by atoms with Crippen LogP contribution in [-0.2, 0) is 0 Å². The van der Waals surface area contributed by atoms with Gasteiger partial charge in [-0.25, -0.2) is 22.0 Å². The molecule has 7 heteroatoms. The first-order chi connectivity index (χ1) is 8.84. The molecule has 0 saturated heterocycles. The monoisotopic (exact) mass is 275 g/mol. The molecule has 0 aliphatic heterocycles. The number of aromatic nitrogens is 1. The van der Waals surface area contributed by atoms with Crippen LogP contribution in [0, 0.1) is 36.0 Å². The summed E-state index contributed by atoms with van der Waals surface area (Å²) >= 11 is 0. The van der Waals surface area contributed by atoms with Crippen LogP contribution < -0.4 is 5.56 Å². The second-order valence-corrected chi connectivity index (χ2v) is 3.83. The Labute approximate surface area is 103 Å². The van der Waals surface area contributed by atoms with Crippen molar-refractivity contribution in [3.8, 4) is 11.1 Å². The number of hydrogen-bond donors (Lipinski definition) is 1. The molecule has 19 heavy (non-hydrogen) atoms. The smallest absolute Gasteiger partial charge is 0.256 e. The highest BCUT2D eigenvalue weighted by molar-refractivity contribution is 5.64. The van der Waals surface area contributed by atoms with E-state index in [-0.39, 0.29) is 0 Å². The van der Waals surface area contributed by atoms with E-state index in [1.165, 1.54) is 13.0 Å². The lowest BCUT2D eigenvalue weighted by Crippen LogP contribution is -2.13. The predicted octanol–water partition coefficient (Wildman–Crippen LogP) is 3.05. The van der Waals surface area contributed by atoms with Crippen molar-refractivity contribution in [2.75, 3.05) is 0 Å². The molecule has 0 bridgehead atoms. The Balaban J connectivity index is 2.87. The molecule has 0 aliphatic carbocycles. The molecule has 0 atom stereocenters. The van der Waals surface area contributed by atoms with Crippen LogP contribution in [0.15, 0.2) is 16.9 Å². The van der Waals surface area contributed by atoms with Crippen LogP contribution in [0.4, 0.5) is 22.0 Å². The maximum Gasteiger partial charge on any atom is 0.256 e. The van der Waals surface area contributed by atoms with Crippen molar-refractivity contribution in [1.29, 1.82) is 0 Å². The quantitative estimate of drug-likeness (QED) is 0.484. The van der Waals surface area contributed by atoms with Gasteiger partial charge < -0.3 is 4.98 Å². The van der Waals surface area contributed by atoms with E-state index in [0.29, 0.717) is 5.69 Å². The van der Waals surface area contributed by atoms with Crippen LogP contribution in [0.3, 0.4) is 0 Å². The van der Waals surface area contributed by atoms with Crippen LogP contribution in [0.25, 0.3) is 11.1 Å². The maximum absolute atomic E-state index is 13.5. The summed E-state index contributed by atoms with van der Waals surface area (Å²) in [4.78, 5) is 13.7. The van der Waals surface area contributed by atoms with E-state index in [1.807, 2.05) is 0 Å². The summed E-state index contributed by atoms with van der Waals surface area (Å²) in [6.45, 7) is 1.50. The average molecular weight is 275 g/mol. The second-order valence-electron chi connectivity index (χ2n) is 3.83. The molecule has 2 nitrogen and oxygen atoms in total. The molecule has 0 saturated carbocycles. The van der Waals surface area contributed by atoms with Gasteiger partial charge in [0.15, 0.2) is 23.3 Å². The predicted molar refractivity (Wildman–Crippen MR) is 57.0 cm³/mol. The number of hydrogen-bond acceptors (Lipinski definition) is 1. The summed E-state index contributed by atoms with van der Waals surface area (Å²) in [5.41, 5.74) is -2.42. The molecule has 1 N–H and O–H groups in total. The first-order valence-corrected chi connectivity index (χ1v) is 5.06. The van der Waals surface area contributed by atoms with Gasteiger partial charge in [-0.1, -0.05) is 0 Å². The molecule has 1 aromatic carbocycles. The fourth-order valence-electron chi connectivity index (χ4n) is 1.61. The standard InChI is InChI=1S/C12H6F5NO/c1-4-2-3-5(12(19)18-4)6-7(13)9(15)11(17)10(16)8(6)14/h2-3H,1H3,(H,18,19). The molecule has 0 fully saturated rings. The summed E-state index contributed by atoms with van der Waals surface area (Å²) < 4.78 is 65.9. The number of rotatable bonds is 1. The fourth-order valence-corrected chi connectivity index (χ4v) is 1.61. The van der Waals surface area contributed by atoms with Crippen LogP contribution in [-0.4, -0.2) is 4.98 Å². The molecule has 0 amide bonds. The zero-order chi connectivity index (χ0) is 14.3. The number of benzene rings is 1. The highest BCUT2D eigenvalue weighted by atomic mass is 19.2. The van der Waals surface area contributed by atoms with E-state index >= 15 is 0 Å². The number of nitrogens with one attached hydrogen (secondary N) is 1. The molecular formula is C12H6F5NO.